The van der Waals surface area contributed by atoms with E-state index in [0.29, 0.717) is 25.5 Å². The Kier molecular flexibility index (Phi) is 10.3. The van der Waals surface area contributed by atoms with Crippen molar-refractivity contribution in [2.24, 2.45) is 4.99 Å². The summed E-state index contributed by atoms with van der Waals surface area (Å²) in [6.07, 6.45) is -0.680. The second kappa shape index (κ2) is 11.6. The molecule has 1 unspecified atom stereocenters. The van der Waals surface area contributed by atoms with E-state index in [1.165, 1.54) is 6.07 Å². The molecule has 160 valence electrons. The number of ether oxygens (including phenoxy) is 1. The summed E-state index contributed by atoms with van der Waals surface area (Å²) in [4.78, 5) is 8.37. The summed E-state index contributed by atoms with van der Waals surface area (Å²) >= 11 is 0. The zero-order valence-corrected chi connectivity index (χ0v) is 18.6. The van der Waals surface area contributed by atoms with E-state index < -0.39 is 11.7 Å². The molecule has 0 saturated carbocycles. The topological polar surface area (TPSA) is 70.6 Å². The smallest absolute Gasteiger partial charge is 0.373 e. The number of anilines is 1. The molecule has 1 aliphatic heterocycles. The Morgan fingerprint density at radius 3 is 2.64 bits per heavy atom. The number of rotatable bonds is 8. The average Bonchev–Trinajstić information content (AvgIpc) is 3.06. The lowest BCUT2D eigenvalue weighted by atomic mass is 10.0. The molecule has 1 atom stereocenters. The highest BCUT2D eigenvalue weighted by Crippen LogP contribution is 2.28. The first kappa shape index (κ1) is 24.7. The fraction of sp³-hybridized carbons (Fsp3) is 0.667. The number of alkyl halides is 3. The summed E-state index contributed by atoms with van der Waals surface area (Å²) in [7, 11) is 0. The summed E-state index contributed by atoms with van der Waals surface area (Å²) in [6.45, 7) is 7.51. The van der Waals surface area contributed by atoms with Gasteiger partial charge in [0.15, 0.2) is 5.96 Å². The highest BCUT2D eigenvalue weighted by molar-refractivity contribution is 14.0. The lowest BCUT2D eigenvalue weighted by Gasteiger charge is -2.21. The maximum atomic E-state index is 12.5. The number of pyridine rings is 1. The van der Waals surface area contributed by atoms with Crippen molar-refractivity contribution in [3.63, 3.8) is 0 Å². The number of hydrogen-bond donors (Lipinski definition) is 3. The standard InChI is InChI=1S/C18H28F3N5O.HI/c1-3-22-16(26-13-17(2)8-4-11-27-17)24-10-5-9-23-15-7-6-14(12-25-15)18(19,20)21;/h6-7,12H,3-5,8-11,13H2,1-2H3,(H,23,25)(H2,22,24,26);1H. The molecule has 1 aromatic rings. The fourth-order valence-corrected chi connectivity index (χ4v) is 2.73. The van der Waals surface area contributed by atoms with Crippen LogP contribution in [0.1, 0.15) is 38.7 Å². The summed E-state index contributed by atoms with van der Waals surface area (Å²) in [6, 6.07) is 2.36. The molecular weight excluding hydrogens is 486 g/mol. The average molecular weight is 515 g/mol. The Labute approximate surface area is 181 Å². The van der Waals surface area contributed by atoms with Gasteiger partial charge in [-0.2, -0.15) is 13.2 Å². The van der Waals surface area contributed by atoms with Gasteiger partial charge in [0.25, 0.3) is 0 Å². The molecule has 1 saturated heterocycles. The van der Waals surface area contributed by atoms with Crippen LogP contribution in [0.4, 0.5) is 19.0 Å². The molecule has 10 heteroatoms. The Bertz CT molecular complexity index is 604. The van der Waals surface area contributed by atoms with Gasteiger partial charge in [-0.25, -0.2) is 4.98 Å². The van der Waals surface area contributed by atoms with Crippen LogP contribution in [0, 0.1) is 0 Å². The van der Waals surface area contributed by atoms with Crippen molar-refractivity contribution in [3.8, 4) is 0 Å². The van der Waals surface area contributed by atoms with Crippen LogP contribution in [0.3, 0.4) is 0 Å². The molecule has 0 aromatic carbocycles. The Balaban J connectivity index is 0.00000392. The number of nitrogens with one attached hydrogen (secondary N) is 3. The molecule has 1 aliphatic rings. The van der Waals surface area contributed by atoms with Gasteiger partial charge in [-0.1, -0.05) is 0 Å². The maximum absolute atomic E-state index is 12.5. The third kappa shape index (κ3) is 8.38. The highest BCUT2D eigenvalue weighted by atomic mass is 127. The molecule has 0 spiro atoms. The lowest BCUT2D eigenvalue weighted by Crippen LogP contribution is -2.40. The van der Waals surface area contributed by atoms with Gasteiger partial charge in [-0.05, 0) is 45.2 Å². The summed E-state index contributed by atoms with van der Waals surface area (Å²) in [5.41, 5.74) is -0.931. The minimum atomic E-state index is -4.36. The van der Waals surface area contributed by atoms with Gasteiger partial charge in [-0.3, -0.25) is 4.99 Å². The number of guanidine groups is 1. The third-order valence-electron chi connectivity index (χ3n) is 4.26. The van der Waals surface area contributed by atoms with E-state index in [-0.39, 0.29) is 29.6 Å². The van der Waals surface area contributed by atoms with Crippen LogP contribution in [0.15, 0.2) is 23.3 Å². The van der Waals surface area contributed by atoms with Crippen molar-refractivity contribution in [1.29, 1.82) is 0 Å². The molecule has 2 rings (SSSR count). The Morgan fingerprint density at radius 2 is 2.07 bits per heavy atom. The second-order valence-corrected chi connectivity index (χ2v) is 6.73. The quantitative estimate of drug-likeness (QED) is 0.214. The molecule has 0 aliphatic carbocycles. The van der Waals surface area contributed by atoms with Crippen molar-refractivity contribution in [1.82, 2.24) is 15.6 Å². The Hall–Kier alpha value is -1.30. The van der Waals surface area contributed by atoms with Crippen molar-refractivity contribution in [2.45, 2.75) is 44.9 Å². The SMILES string of the molecule is CCNC(=NCC1(C)CCCO1)NCCCNc1ccc(C(F)(F)F)cn1.I. The van der Waals surface area contributed by atoms with Crippen molar-refractivity contribution in [3.05, 3.63) is 23.9 Å². The predicted molar refractivity (Wildman–Crippen MR) is 115 cm³/mol. The van der Waals surface area contributed by atoms with E-state index in [2.05, 4.69) is 32.9 Å². The molecular formula is C18H29F3IN5O. The predicted octanol–water partition coefficient (Wildman–Crippen LogP) is 3.64. The molecule has 0 bridgehead atoms. The van der Waals surface area contributed by atoms with E-state index >= 15 is 0 Å². The monoisotopic (exact) mass is 515 g/mol. The zero-order chi connectivity index (χ0) is 19.8. The van der Waals surface area contributed by atoms with Gasteiger partial charge in [0.2, 0.25) is 0 Å². The number of aliphatic imine (C=N–C) groups is 1. The van der Waals surface area contributed by atoms with Gasteiger partial charge < -0.3 is 20.7 Å². The number of aromatic nitrogens is 1. The van der Waals surface area contributed by atoms with Crippen LogP contribution < -0.4 is 16.0 Å². The number of nitrogens with zero attached hydrogens (tertiary/aromatic N) is 2. The fourth-order valence-electron chi connectivity index (χ4n) is 2.73. The van der Waals surface area contributed by atoms with Crippen molar-refractivity contribution in [2.75, 3.05) is 38.1 Å². The summed E-state index contributed by atoms with van der Waals surface area (Å²) < 4.78 is 43.2. The zero-order valence-electron chi connectivity index (χ0n) is 16.2. The van der Waals surface area contributed by atoms with Gasteiger partial charge in [0.1, 0.15) is 5.82 Å². The minimum absolute atomic E-state index is 0. The van der Waals surface area contributed by atoms with E-state index in [4.69, 9.17) is 4.74 Å². The first-order valence-corrected chi connectivity index (χ1v) is 9.26. The van der Waals surface area contributed by atoms with Gasteiger partial charge in [0, 0.05) is 32.4 Å². The molecule has 6 nitrogen and oxygen atoms in total. The van der Waals surface area contributed by atoms with Crippen LogP contribution in [0.25, 0.3) is 0 Å². The van der Waals surface area contributed by atoms with Crippen molar-refractivity contribution < 1.29 is 17.9 Å². The van der Waals surface area contributed by atoms with Crippen molar-refractivity contribution >= 4 is 35.8 Å². The van der Waals surface area contributed by atoms with E-state index in [1.807, 2.05) is 6.92 Å². The minimum Gasteiger partial charge on any atom is -0.373 e. The maximum Gasteiger partial charge on any atom is 0.417 e. The second-order valence-electron chi connectivity index (χ2n) is 6.73. The van der Waals surface area contributed by atoms with Crippen LogP contribution in [0.5, 0.6) is 0 Å². The molecule has 0 amide bonds. The molecule has 28 heavy (non-hydrogen) atoms. The lowest BCUT2D eigenvalue weighted by molar-refractivity contribution is -0.137. The van der Waals surface area contributed by atoms with E-state index in [0.717, 1.165) is 50.6 Å². The summed E-state index contributed by atoms with van der Waals surface area (Å²) in [5, 5.41) is 9.46. The van der Waals surface area contributed by atoms with E-state index in [1.54, 1.807) is 0 Å². The van der Waals surface area contributed by atoms with E-state index in [9.17, 15) is 13.2 Å². The highest BCUT2D eigenvalue weighted by Gasteiger charge is 2.30. The third-order valence-corrected chi connectivity index (χ3v) is 4.26. The summed E-state index contributed by atoms with van der Waals surface area (Å²) in [5.74, 6) is 1.16. The first-order valence-electron chi connectivity index (χ1n) is 9.26. The normalized spacial score (nSPS) is 19.8. The Morgan fingerprint density at radius 1 is 1.29 bits per heavy atom. The van der Waals surface area contributed by atoms with Crippen LogP contribution >= 0.6 is 24.0 Å². The van der Waals surface area contributed by atoms with Gasteiger partial charge in [0.05, 0.1) is 17.7 Å². The number of hydrogen-bond acceptors (Lipinski definition) is 4. The molecule has 1 aromatic heterocycles. The number of halogens is 4. The van der Waals surface area contributed by atoms with Crippen LogP contribution in [0.2, 0.25) is 0 Å². The molecule has 3 N–H and O–H groups in total. The van der Waals surface area contributed by atoms with Crippen LogP contribution in [-0.2, 0) is 10.9 Å². The molecule has 0 radical (unpaired) electrons. The largest absolute Gasteiger partial charge is 0.417 e. The first-order chi connectivity index (χ1) is 12.8. The van der Waals surface area contributed by atoms with Gasteiger partial charge in [-0.15, -0.1) is 24.0 Å². The molecule has 2 heterocycles. The van der Waals surface area contributed by atoms with Crippen LogP contribution in [-0.4, -0.2) is 49.3 Å². The van der Waals surface area contributed by atoms with Gasteiger partial charge >= 0.3 is 6.18 Å². The molecule has 1 fully saturated rings.